The normalized spacial score (nSPS) is 10.2. The van der Waals surface area contributed by atoms with Crippen LogP contribution in [0.25, 0.3) is 0 Å². The first-order valence-corrected chi connectivity index (χ1v) is 6.38. The van der Waals surface area contributed by atoms with Crippen molar-refractivity contribution >= 4 is 39.7 Å². The van der Waals surface area contributed by atoms with Crippen LogP contribution in [0.5, 0.6) is 0 Å². The number of rotatable bonds is 3. The molecule has 0 atom stereocenters. The largest absolute Gasteiger partial charge is 0.363 e. The molecule has 0 bridgehead atoms. The van der Waals surface area contributed by atoms with E-state index in [1.165, 1.54) is 11.3 Å². The van der Waals surface area contributed by atoms with Crippen LogP contribution in [0, 0.1) is 6.92 Å². The summed E-state index contributed by atoms with van der Waals surface area (Å²) in [6.07, 6.45) is 0. The first-order valence-electron chi connectivity index (χ1n) is 5.19. The molecule has 2 aromatic rings. The third-order valence-electron chi connectivity index (χ3n) is 2.20. The molecule has 1 aromatic carbocycles. The van der Waals surface area contributed by atoms with Gasteiger partial charge in [-0.15, -0.1) is 10.2 Å². The lowest BCUT2D eigenvalue weighted by molar-refractivity contribution is 0.102. The summed E-state index contributed by atoms with van der Waals surface area (Å²) in [5.74, 6) is -0.318. The topological polar surface area (TPSA) is 66.9 Å². The van der Waals surface area contributed by atoms with E-state index in [2.05, 4.69) is 20.8 Å². The maximum atomic E-state index is 11.9. The predicted molar refractivity (Wildman–Crippen MR) is 73.6 cm³/mol. The van der Waals surface area contributed by atoms with Crippen LogP contribution in [0.15, 0.2) is 18.2 Å². The summed E-state index contributed by atoms with van der Waals surface area (Å²) in [7, 11) is 1.72. The Balaban J connectivity index is 2.18. The summed E-state index contributed by atoms with van der Waals surface area (Å²) in [5, 5.41) is 14.5. The van der Waals surface area contributed by atoms with Gasteiger partial charge in [0, 0.05) is 7.05 Å². The molecule has 0 unspecified atom stereocenters. The Labute approximate surface area is 113 Å². The van der Waals surface area contributed by atoms with Crippen LogP contribution < -0.4 is 10.6 Å². The number of carbonyl (C=O) groups excluding carboxylic acids is 1. The van der Waals surface area contributed by atoms with Gasteiger partial charge in [-0.05, 0) is 24.6 Å². The molecule has 0 fully saturated rings. The fourth-order valence-corrected chi connectivity index (χ4v) is 2.08. The highest BCUT2D eigenvalue weighted by molar-refractivity contribution is 7.17. The molecule has 0 aliphatic carbocycles. The maximum absolute atomic E-state index is 11.9. The minimum absolute atomic E-state index is 0.289. The van der Waals surface area contributed by atoms with Crippen molar-refractivity contribution in [1.82, 2.24) is 10.2 Å². The van der Waals surface area contributed by atoms with Crippen LogP contribution in [0.1, 0.15) is 15.4 Å². The molecule has 5 nitrogen and oxygen atoms in total. The fourth-order valence-electron chi connectivity index (χ4n) is 1.33. The van der Waals surface area contributed by atoms with Gasteiger partial charge < -0.3 is 10.6 Å². The van der Waals surface area contributed by atoms with Gasteiger partial charge in [-0.1, -0.05) is 29.0 Å². The van der Waals surface area contributed by atoms with E-state index in [0.29, 0.717) is 15.8 Å². The van der Waals surface area contributed by atoms with E-state index in [9.17, 15) is 4.79 Å². The Bertz CT molecular complexity index is 584. The number of halogens is 1. The molecule has 1 heterocycles. The molecule has 2 N–H and O–H groups in total. The van der Waals surface area contributed by atoms with Gasteiger partial charge in [0.15, 0.2) is 0 Å². The van der Waals surface area contributed by atoms with Crippen LogP contribution >= 0.6 is 22.9 Å². The zero-order valence-electron chi connectivity index (χ0n) is 9.82. The van der Waals surface area contributed by atoms with Gasteiger partial charge in [0.25, 0.3) is 5.91 Å². The molecule has 0 saturated heterocycles. The molecule has 94 valence electrons. The molecule has 1 amide bonds. The second kappa shape index (κ2) is 5.32. The smallest absolute Gasteiger partial charge is 0.286 e. The third-order valence-corrected chi connectivity index (χ3v) is 3.47. The van der Waals surface area contributed by atoms with Gasteiger partial charge in [-0.2, -0.15) is 0 Å². The van der Waals surface area contributed by atoms with E-state index < -0.39 is 0 Å². The molecule has 1 aromatic heterocycles. The number of nitrogens with one attached hydrogen (secondary N) is 2. The summed E-state index contributed by atoms with van der Waals surface area (Å²) in [5.41, 5.74) is 1.59. The van der Waals surface area contributed by atoms with Crippen molar-refractivity contribution in [2.24, 2.45) is 0 Å². The van der Waals surface area contributed by atoms with Crippen LogP contribution in [0.4, 0.5) is 10.8 Å². The van der Waals surface area contributed by atoms with E-state index in [-0.39, 0.29) is 10.9 Å². The Kier molecular flexibility index (Phi) is 3.78. The average Bonchev–Trinajstić information content (AvgIpc) is 2.82. The average molecular weight is 283 g/mol. The highest BCUT2D eigenvalue weighted by atomic mass is 35.5. The van der Waals surface area contributed by atoms with Gasteiger partial charge in [0.05, 0.1) is 10.7 Å². The summed E-state index contributed by atoms with van der Waals surface area (Å²) in [4.78, 5) is 11.9. The number of amides is 1. The lowest BCUT2D eigenvalue weighted by atomic mass is 10.2. The first-order chi connectivity index (χ1) is 8.60. The Morgan fingerprint density at radius 2 is 2.17 bits per heavy atom. The van der Waals surface area contributed by atoms with Gasteiger partial charge in [0.2, 0.25) is 10.1 Å². The maximum Gasteiger partial charge on any atom is 0.286 e. The Morgan fingerprint density at radius 3 is 2.83 bits per heavy atom. The predicted octanol–water partition coefficient (Wildman–Crippen LogP) is 2.79. The van der Waals surface area contributed by atoms with Crippen molar-refractivity contribution in [2.45, 2.75) is 6.92 Å². The van der Waals surface area contributed by atoms with E-state index >= 15 is 0 Å². The van der Waals surface area contributed by atoms with E-state index in [1.54, 1.807) is 19.2 Å². The van der Waals surface area contributed by atoms with Crippen LogP contribution in [-0.4, -0.2) is 23.2 Å². The lowest BCUT2D eigenvalue weighted by Gasteiger charge is -2.05. The summed E-state index contributed by atoms with van der Waals surface area (Å²) in [6, 6.07) is 5.42. The molecule has 0 aliphatic rings. The number of nitrogens with zero attached hydrogens (tertiary/aromatic N) is 2. The standard InChI is InChI=1S/C11H11ClN4OS/c1-6-3-4-7(12)8(5-6)14-9(17)10-15-16-11(13-2)18-10/h3-5H,1-2H3,(H,13,16)(H,14,17). The van der Waals surface area contributed by atoms with Crippen molar-refractivity contribution in [3.63, 3.8) is 0 Å². The number of hydrogen-bond acceptors (Lipinski definition) is 5. The quantitative estimate of drug-likeness (QED) is 0.908. The zero-order valence-corrected chi connectivity index (χ0v) is 11.4. The van der Waals surface area contributed by atoms with Crippen molar-refractivity contribution in [3.8, 4) is 0 Å². The minimum Gasteiger partial charge on any atom is -0.363 e. The first kappa shape index (κ1) is 12.8. The van der Waals surface area contributed by atoms with E-state index in [0.717, 1.165) is 5.56 Å². The zero-order chi connectivity index (χ0) is 13.1. The molecule has 0 saturated carbocycles. The summed E-state index contributed by atoms with van der Waals surface area (Å²) in [6.45, 7) is 1.93. The number of hydrogen-bond donors (Lipinski definition) is 2. The molecular weight excluding hydrogens is 272 g/mol. The molecular formula is C11H11ClN4OS. The molecule has 0 radical (unpaired) electrons. The fraction of sp³-hybridized carbons (Fsp3) is 0.182. The Hall–Kier alpha value is -1.66. The highest BCUT2D eigenvalue weighted by Gasteiger charge is 2.13. The Morgan fingerprint density at radius 1 is 1.39 bits per heavy atom. The number of carbonyl (C=O) groups is 1. The number of benzene rings is 1. The molecule has 7 heteroatoms. The van der Waals surface area contributed by atoms with Crippen LogP contribution in [0.3, 0.4) is 0 Å². The highest BCUT2D eigenvalue weighted by Crippen LogP contribution is 2.24. The van der Waals surface area contributed by atoms with Gasteiger partial charge in [0.1, 0.15) is 0 Å². The summed E-state index contributed by atoms with van der Waals surface area (Å²) >= 11 is 7.18. The van der Waals surface area contributed by atoms with Crippen LogP contribution in [0.2, 0.25) is 5.02 Å². The van der Waals surface area contributed by atoms with E-state index in [4.69, 9.17) is 11.6 Å². The summed E-state index contributed by atoms with van der Waals surface area (Å²) < 4.78 is 0. The van der Waals surface area contributed by atoms with Crippen molar-refractivity contribution in [2.75, 3.05) is 17.7 Å². The molecule has 0 aliphatic heterocycles. The van der Waals surface area contributed by atoms with Crippen molar-refractivity contribution in [3.05, 3.63) is 33.8 Å². The second-order valence-electron chi connectivity index (χ2n) is 3.60. The van der Waals surface area contributed by atoms with Gasteiger partial charge in [-0.25, -0.2) is 0 Å². The van der Waals surface area contributed by atoms with Gasteiger partial charge >= 0.3 is 0 Å². The molecule has 2 rings (SSSR count). The van der Waals surface area contributed by atoms with Crippen molar-refractivity contribution in [1.29, 1.82) is 0 Å². The van der Waals surface area contributed by atoms with Crippen molar-refractivity contribution < 1.29 is 4.79 Å². The van der Waals surface area contributed by atoms with Gasteiger partial charge in [-0.3, -0.25) is 4.79 Å². The number of aromatic nitrogens is 2. The van der Waals surface area contributed by atoms with E-state index in [1.807, 2.05) is 13.0 Å². The SMILES string of the molecule is CNc1nnc(C(=O)Nc2cc(C)ccc2Cl)s1. The second-order valence-corrected chi connectivity index (χ2v) is 4.98. The number of anilines is 2. The van der Waals surface area contributed by atoms with Crippen LogP contribution in [-0.2, 0) is 0 Å². The monoisotopic (exact) mass is 282 g/mol. The minimum atomic E-state index is -0.318. The lowest BCUT2D eigenvalue weighted by Crippen LogP contribution is -2.12. The molecule has 0 spiro atoms. The number of aryl methyl sites for hydroxylation is 1. The third kappa shape index (κ3) is 2.77. The molecule has 18 heavy (non-hydrogen) atoms.